The van der Waals surface area contributed by atoms with E-state index in [9.17, 15) is 0 Å². The van der Waals surface area contributed by atoms with Gasteiger partial charge in [0, 0.05) is 11.3 Å². The predicted octanol–water partition coefficient (Wildman–Crippen LogP) is 4.60. The van der Waals surface area contributed by atoms with Crippen LogP contribution in [0.15, 0.2) is 0 Å². The fourth-order valence-electron chi connectivity index (χ4n) is 2.97. The summed E-state index contributed by atoms with van der Waals surface area (Å²) in [4.78, 5) is 0. The molecule has 0 heterocycles. The van der Waals surface area contributed by atoms with Crippen molar-refractivity contribution in [3.8, 4) is 0 Å². The Hall–Kier alpha value is 0.520. The smallest absolute Gasteiger partial charge is 0.00371 e. The van der Waals surface area contributed by atoms with Crippen LogP contribution in [0.4, 0.5) is 0 Å². The van der Waals surface area contributed by atoms with Crippen molar-refractivity contribution in [3.63, 3.8) is 0 Å². The molecule has 2 heteroatoms. The van der Waals surface area contributed by atoms with Gasteiger partial charge in [0.2, 0.25) is 0 Å². The van der Waals surface area contributed by atoms with E-state index in [-0.39, 0.29) is 6.70 Å². The van der Waals surface area contributed by atoms with Crippen LogP contribution < -0.4 is 0 Å². The first-order chi connectivity index (χ1) is 6.88. The lowest BCUT2D eigenvalue weighted by atomic mass is 10.00. The van der Waals surface area contributed by atoms with Crippen molar-refractivity contribution in [2.24, 2.45) is 0 Å². The number of hydrogen-bond acceptors (Lipinski definition) is 1. The van der Waals surface area contributed by atoms with E-state index in [1.807, 2.05) is 0 Å². The van der Waals surface area contributed by atoms with Gasteiger partial charge >= 0.3 is 0 Å². The second-order valence-corrected chi connectivity index (χ2v) is 8.39. The third-order valence-electron chi connectivity index (χ3n) is 3.87. The summed E-state index contributed by atoms with van der Waals surface area (Å²) < 4.78 is 0. The van der Waals surface area contributed by atoms with E-state index in [1.54, 1.807) is 0 Å². The van der Waals surface area contributed by atoms with Gasteiger partial charge in [-0.25, -0.2) is 0 Å². The third kappa shape index (κ3) is 2.76. The molecule has 0 N–H and O–H groups in total. The molecule has 2 fully saturated rings. The van der Waals surface area contributed by atoms with Crippen LogP contribution in [0.1, 0.15) is 64.2 Å². The molecule has 1 radical (unpaired) electrons. The molecule has 0 unspecified atom stereocenters. The van der Waals surface area contributed by atoms with Crippen molar-refractivity contribution < 1.29 is 0 Å². The Balaban J connectivity index is 1.85. The molecule has 0 spiro atoms. The van der Waals surface area contributed by atoms with Gasteiger partial charge in [0.05, 0.1) is 0 Å². The summed E-state index contributed by atoms with van der Waals surface area (Å²) in [7, 11) is 0. The molecule has 0 atom stereocenters. The Labute approximate surface area is 94.3 Å². The molecule has 0 aromatic carbocycles. The minimum absolute atomic E-state index is 0.0336. The Morgan fingerprint density at radius 1 is 0.643 bits per heavy atom. The summed E-state index contributed by atoms with van der Waals surface area (Å²) in [6.45, 7) is -0.0336. The highest BCUT2D eigenvalue weighted by Gasteiger charge is 2.24. The molecule has 2 saturated carbocycles. The summed E-state index contributed by atoms with van der Waals surface area (Å²) in [5.41, 5.74) is 1.94. The topological polar surface area (TPSA) is 0 Å². The van der Waals surface area contributed by atoms with Gasteiger partial charge in [-0.3, -0.25) is 0 Å². The number of rotatable bonds is 2. The minimum atomic E-state index is -0.0336. The van der Waals surface area contributed by atoms with E-state index in [0.29, 0.717) is 0 Å². The van der Waals surface area contributed by atoms with Gasteiger partial charge in [-0.15, -0.1) is 0 Å². The fraction of sp³-hybridized carbons (Fsp3) is 1.00. The normalized spacial score (nSPS) is 26.3. The molecule has 0 bridgehead atoms. The van der Waals surface area contributed by atoms with Crippen molar-refractivity contribution in [3.05, 3.63) is 0 Å². The van der Waals surface area contributed by atoms with Crippen LogP contribution in [-0.2, 0) is 11.8 Å². The lowest BCUT2D eigenvalue weighted by Crippen LogP contribution is -2.16. The first-order valence-electron chi connectivity index (χ1n) is 6.33. The molecule has 81 valence electrons. The van der Waals surface area contributed by atoms with Crippen molar-refractivity contribution in [2.75, 3.05) is 0 Å². The molecular weight excluding hydrogens is 207 g/mol. The van der Waals surface area contributed by atoms with Crippen LogP contribution in [-0.4, -0.2) is 11.3 Å². The average Bonchev–Trinajstić information content (AvgIpc) is 2.30. The fourth-order valence-corrected chi connectivity index (χ4v) is 6.58. The summed E-state index contributed by atoms with van der Waals surface area (Å²) >= 11 is 5.84. The zero-order chi connectivity index (χ0) is 9.80. The maximum Gasteiger partial charge on any atom is 0.00371 e. The quantitative estimate of drug-likeness (QED) is 0.624. The van der Waals surface area contributed by atoms with Gasteiger partial charge in [-0.2, -0.15) is 0 Å². The Bertz CT molecular complexity index is 170. The largest absolute Gasteiger partial charge is 0.0746 e. The van der Waals surface area contributed by atoms with Crippen molar-refractivity contribution >= 4 is 18.5 Å². The second-order valence-electron chi connectivity index (χ2n) is 4.94. The van der Waals surface area contributed by atoms with Gasteiger partial charge in [-0.1, -0.05) is 57.0 Å². The first kappa shape index (κ1) is 11.0. The molecule has 0 aromatic heterocycles. The van der Waals surface area contributed by atoms with E-state index in [0.717, 1.165) is 11.3 Å². The van der Waals surface area contributed by atoms with Crippen LogP contribution in [0.5, 0.6) is 0 Å². The van der Waals surface area contributed by atoms with Crippen molar-refractivity contribution in [1.82, 2.24) is 0 Å². The van der Waals surface area contributed by atoms with Crippen LogP contribution in [0.25, 0.3) is 0 Å². The average molecular weight is 229 g/mol. The highest BCUT2D eigenvalue weighted by Crippen LogP contribution is 2.47. The van der Waals surface area contributed by atoms with Crippen molar-refractivity contribution in [2.45, 2.75) is 75.5 Å². The van der Waals surface area contributed by atoms with E-state index >= 15 is 0 Å². The minimum Gasteiger partial charge on any atom is -0.0746 e. The second kappa shape index (κ2) is 5.56. The Morgan fingerprint density at radius 3 is 1.36 bits per heavy atom. The van der Waals surface area contributed by atoms with E-state index in [1.165, 1.54) is 64.2 Å². The lowest BCUT2D eigenvalue weighted by molar-refractivity contribution is 0.489. The molecular formula is C12H22PS. The SMILES string of the molecule is S=[P](C1CCCCC1)C1CCCCC1. The lowest BCUT2D eigenvalue weighted by Gasteiger charge is -2.30. The van der Waals surface area contributed by atoms with Gasteiger partial charge < -0.3 is 0 Å². The Morgan fingerprint density at radius 2 is 1.00 bits per heavy atom. The Kier molecular flexibility index (Phi) is 4.38. The maximum atomic E-state index is 5.84. The van der Waals surface area contributed by atoms with E-state index in [4.69, 9.17) is 11.8 Å². The highest BCUT2D eigenvalue weighted by molar-refractivity contribution is 8.05. The van der Waals surface area contributed by atoms with Crippen LogP contribution >= 0.6 is 6.70 Å². The van der Waals surface area contributed by atoms with E-state index < -0.39 is 0 Å². The molecule has 0 aliphatic heterocycles. The highest BCUT2D eigenvalue weighted by atomic mass is 32.4. The standard InChI is InChI=1S/C12H22PS/c14-13(11-7-3-1-4-8-11)12-9-5-2-6-10-12/h11-12H,1-10H2. The van der Waals surface area contributed by atoms with Gasteiger partial charge in [0.1, 0.15) is 0 Å². The molecule has 14 heavy (non-hydrogen) atoms. The first-order valence-corrected chi connectivity index (χ1v) is 8.83. The maximum absolute atomic E-state index is 5.84. The molecule has 2 aliphatic rings. The molecule has 2 aliphatic carbocycles. The van der Waals surface area contributed by atoms with E-state index in [2.05, 4.69) is 0 Å². The van der Waals surface area contributed by atoms with Gasteiger partial charge in [0.25, 0.3) is 0 Å². The van der Waals surface area contributed by atoms with Gasteiger partial charge in [0.15, 0.2) is 0 Å². The summed E-state index contributed by atoms with van der Waals surface area (Å²) in [5, 5.41) is 0. The zero-order valence-electron chi connectivity index (χ0n) is 9.08. The monoisotopic (exact) mass is 229 g/mol. The van der Waals surface area contributed by atoms with Crippen molar-refractivity contribution in [1.29, 1.82) is 0 Å². The molecule has 0 amide bonds. The zero-order valence-corrected chi connectivity index (χ0v) is 10.8. The van der Waals surface area contributed by atoms with Crippen LogP contribution in [0, 0.1) is 0 Å². The molecule has 0 saturated heterocycles. The number of hydrogen-bond donors (Lipinski definition) is 0. The van der Waals surface area contributed by atoms with Crippen LogP contribution in [0.2, 0.25) is 0 Å². The molecule has 0 aromatic rings. The predicted molar refractivity (Wildman–Crippen MR) is 68.0 cm³/mol. The summed E-state index contributed by atoms with van der Waals surface area (Å²) in [5.74, 6) is 0. The molecule has 2 rings (SSSR count). The van der Waals surface area contributed by atoms with Crippen LogP contribution in [0.3, 0.4) is 0 Å². The molecule has 0 nitrogen and oxygen atoms in total. The summed E-state index contributed by atoms with van der Waals surface area (Å²) in [6.07, 6.45) is 14.7. The van der Waals surface area contributed by atoms with Gasteiger partial charge in [-0.05, 0) is 25.7 Å². The third-order valence-corrected chi connectivity index (χ3v) is 8.13. The summed E-state index contributed by atoms with van der Waals surface area (Å²) in [6, 6.07) is 0.